The first kappa shape index (κ1) is 13.8. The van der Waals surface area contributed by atoms with Gasteiger partial charge in [0.25, 0.3) is 0 Å². The normalized spacial score (nSPS) is 11.5. The summed E-state index contributed by atoms with van der Waals surface area (Å²) in [6.45, 7) is 4.69. The second kappa shape index (κ2) is 5.87. The molecule has 0 amide bonds. The van der Waals surface area contributed by atoms with E-state index < -0.39 is 10.0 Å². The predicted octanol–water partition coefficient (Wildman–Crippen LogP) is -0.160. The number of nitrogens with one attached hydrogen (secondary N) is 2. The van der Waals surface area contributed by atoms with E-state index >= 15 is 0 Å². The van der Waals surface area contributed by atoms with Crippen molar-refractivity contribution >= 4 is 16.0 Å². The standard InChI is InChI=1S/C9H17N5O2S/c1-7-8(2)13-14-9(12-7)10-5-4-6-11-17(3,15)16/h11H,4-6H2,1-3H3,(H,10,12,14). The minimum absolute atomic E-state index is 0.393. The number of hydrogen-bond acceptors (Lipinski definition) is 6. The van der Waals surface area contributed by atoms with Crippen LogP contribution < -0.4 is 10.0 Å². The van der Waals surface area contributed by atoms with Gasteiger partial charge in [0.2, 0.25) is 16.0 Å². The fourth-order valence-corrected chi connectivity index (χ4v) is 1.59. The summed E-state index contributed by atoms with van der Waals surface area (Å²) in [6, 6.07) is 0. The Hall–Kier alpha value is -1.28. The summed E-state index contributed by atoms with van der Waals surface area (Å²) in [5.41, 5.74) is 1.63. The highest BCUT2D eigenvalue weighted by molar-refractivity contribution is 7.88. The first-order valence-electron chi connectivity index (χ1n) is 5.25. The van der Waals surface area contributed by atoms with Crippen LogP contribution in [0.5, 0.6) is 0 Å². The highest BCUT2D eigenvalue weighted by atomic mass is 32.2. The van der Waals surface area contributed by atoms with E-state index in [0.29, 0.717) is 25.5 Å². The van der Waals surface area contributed by atoms with Crippen molar-refractivity contribution in [2.24, 2.45) is 0 Å². The third-order valence-corrected chi connectivity index (χ3v) is 2.82. The summed E-state index contributed by atoms with van der Waals surface area (Å²) >= 11 is 0. The lowest BCUT2D eigenvalue weighted by Crippen LogP contribution is -2.24. The van der Waals surface area contributed by atoms with Crippen molar-refractivity contribution in [1.29, 1.82) is 0 Å². The van der Waals surface area contributed by atoms with Crippen molar-refractivity contribution in [3.63, 3.8) is 0 Å². The number of sulfonamides is 1. The van der Waals surface area contributed by atoms with Gasteiger partial charge < -0.3 is 5.32 Å². The Balaban J connectivity index is 2.29. The molecule has 0 unspecified atom stereocenters. The second-order valence-electron chi connectivity index (χ2n) is 3.75. The third-order valence-electron chi connectivity index (χ3n) is 2.09. The van der Waals surface area contributed by atoms with Gasteiger partial charge in [-0.1, -0.05) is 0 Å². The molecule has 1 rings (SSSR count). The molecule has 17 heavy (non-hydrogen) atoms. The van der Waals surface area contributed by atoms with Gasteiger partial charge in [-0.3, -0.25) is 0 Å². The van der Waals surface area contributed by atoms with Gasteiger partial charge in [-0.25, -0.2) is 18.1 Å². The van der Waals surface area contributed by atoms with Crippen molar-refractivity contribution < 1.29 is 8.42 Å². The average Bonchev–Trinajstić information content (AvgIpc) is 2.21. The van der Waals surface area contributed by atoms with Gasteiger partial charge in [-0.2, -0.15) is 5.10 Å². The Morgan fingerprint density at radius 3 is 2.41 bits per heavy atom. The van der Waals surface area contributed by atoms with Gasteiger partial charge in [0.05, 0.1) is 17.6 Å². The maximum absolute atomic E-state index is 10.8. The number of aryl methyl sites for hydroxylation is 2. The van der Waals surface area contributed by atoms with Gasteiger partial charge >= 0.3 is 0 Å². The lowest BCUT2D eigenvalue weighted by molar-refractivity contribution is 0.586. The predicted molar refractivity (Wildman–Crippen MR) is 65.3 cm³/mol. The average molecular weight is 259 g/mol. The molecule has 0 aliphatic heterocycles. The number of nitrogens with zero attached hydrogens (tertiary/aromatic N) is 3. The quantitative estimate of drug-likeness (QED) is 0.689. The van der Waals surface area contributed by atoms with Crippen LogP contribution >= 0.6 is 0 Å². The highest BCUT2D eigenvalue weighted by Crippen LogP contribution is 2.01. The number of aromatic nitrogens is 3. The van der Waals surface area contributed by atoms with E-state index in [1.807, 2.05) is 13.8 Å². The van der Waals surface area contributed by atoms with Crippen LogP contribution in [0.25, 0.3) is 0 Å². The van der Waals surface area contributed by atoms with Gasteiger partial charge in [-0.05, 0) is 20.3 Å². The molecule has 1 aromatic heterocycles. The van der Waals surface area contributed by atoms with Crippen LogP contribution in [0, 0.1) is 13.8 Å². The largest absolute Gasteiger partial charge is 0.353 e. The lowest BCUT2D eigenvalue weighted by Gasteiger charge is -2.05. The van der Waals surface area contributed by atoms with Crippen molar-refractivity contribution in [1.82, 2.24) is 19.9 Å². The summed E-state index contributed by atoms with van der Waals surface area (Å²) in [5.74, 6) is 0.465. The zero-order valence-corrected chi connectivity index (χ0v) is 11.0. The fraction of sp³-hybridized carbons (Fsp3) is 0.667. The van der Waals surface area contributed by atoms with Gasteiger partial charge in [0, 0.05) is 13.1 Å². The molecule has 0 spiro atoms. The van der Waals surface area contributed by atoms with E-state index in [1.54, 1.807) is 0 Å². The van der Waals surface area contributed by atoms with E-state index in [4.69, 9.17) is 0 Å². The number of hydrogen-bond donors (Lipinski definition) is 2. The molecular formula is C9H17N5O2S. The highest BCUT2D eigenvalue weighted by Gasteiger charge is 2.01. The molecule has 96 valence electrons. The summed E-state index contributed by atoms with van der Waals surface area (Å²) in [4.78, 5) is 4.20. The molecule has 0 bridgehead atoms. The summed E-state index contributed by atoms with van der Waals surface area (Å²) < 4.78 is 24.0. The van der Waals surface area contributed by atoms with Crippen molar-refractivity contribution in [3.8, 4) is 0 Å². The maximum atomic E-state index is 10.8. The summed E-state index contributed by atoms with van der Waals surface area (Å²) in [6.07, 6.45) is 1.79. The van der Waals surface area contributed by atoms with E-state index in [1.165, 1.54) is 0 Å². The molecule has 0 saturated carbocycles. The van der Waals surface area contributed by atoms with Crippen LogP contribution in [0.1, 0.15) is 17.8 Å². The Morgan fingerprint density at radius 2 is 1.82 bits per heavy atom. The second-order valence-corrected chi connectivity index (χ2v) is 5.59. The van der Waals surface area contributed by atoms with E-state index in [9.17, 15) is 8.42 Å². The molecule has 0 aliphatic rings. The smallest absolute Gasteiger partial charge is 0.242 e. The minimum Gasteiger partial charge on any atom is -0.353 e. The van der Waals surface area contributed by atoms with Crippen LogP contribution in [-0.4, -0.2) is 42.9 Å². The Labute approximate surface area is 101 Å². The third kappa shape index (κ3) is 5.55. The lowest BCUT2D eigenvalue weighted by atomic mass is 10.4. The van der Waals surface area contributed by atoms with Crippen LogP contribution in [0.2, 0.25) is 0 Å². The SMILES string of the molecule is Cc1nnc(NCCCNS(C)(=O)=O)nc1C. The van der Waals surface area contributed by atoms with E-state index in [2.05, 4.69) is 25.2 Å². The van der Waals surface area contributed by atoms with E-state index in [0.717, 1.165) is 17.6 Å². The molecule has 0 aromatic carbocycles. The molecule has 0 aliphatic carbocycles. The van der Waals surface area contributed by atoms with Crippen molar-refractivity contribution in [2.45, 2.75) is 20.3 Å². The van der Waals surface area contributed by atoms with Crippen LogP contribution in [0.4, 0.5) is 5.95 Å². The van der Waals surface area contributed by atoms with Gasteiger partial charge in [0.15, 0.2) is 0 Å². The molecule has 1 heterocycles. The topological polar surface area (TPSA) is 96.9 Å². The van der Waals surface area contributed by atoms with Gasteiger partial charge in [0.1, 0.15) is 0 Å². The molecule has 8 heteroatoms. The van der Waals surface area contributed by atoms with Crippen molar-refractivity contribution in [2.75, 3.05) is 24.7 Å². The molecule has 0 atom stereocenters. The number of anilines is 1. The first-order chi connectivity index (χ1) is 7.88. The molecule has 7 nitrogen and oxygen atoms in total. The fourth-order valence-electron chi connectivity index (χ4n) is 1.08. The molecule has 1 aromatic rings. The molecule has 0 saturated heterocycles. The maximum Gasteiger partial charge on any atom is 0.242 e. The Bertz CT molecular complexity index is 474. The monoisotopic (exact) mass is 259 g/mol. The Kier molecular flexibility index (Phi) is 4.76. The van der Waals surface area contributed by atoms with Crippen LogP contribution in [-0.2, 0) is 10.0 Å². The zero-order valence-electron chi connectivity index (χ0n) is 10.2. The summed E-state index contributed by atoms with van der Waals surface area (Å²) in [5, 5.41) is 10.8. The van der Waals surface area contributed by atoms with Crippen molar-refractivity contribution in [3.05, 3.63) is 11.4 Å². The minimum atomic E-state index is -3.10. The molecule has 0 fully saturated rings. The molecule has 2 N–H and O–H groups in total. The number of rotatable bonds is 6. The Morgan fingerprint density at radius 1 is 1.12 bits per heavy atom. The molecule has 0 radical (unpaired) electrons. The zero-order chi connectivity index (χ0) is 12.9. The molecular weight excluding hydrogens is 242 g/mol. The first-order valence-corrected chi connectivity index (χ1v) is 7.14. The van der Waals surface area contributed by atoms with Gasteiger partial charge in [-0.15, -0.1) is 5.10 Å². The van der Waals surface area contributed by atoms with E-state index in [-0.39, 0.29) is 0 Å². The summed E-state index contributed by atoms with van der Waals surface area (Å²) in [7, 11) is -3.10. The van der Waals surface area contributed by atoms with Crippen LogP contribution in [0.3, 0.4) is 0 Å². The van der Waals surface area contributed by atoms with Crippen LogP contribution in [0.15, 0.2) is 0 Å².